The van der Waals surface area contributed by atoms with Crippen LogP contribution in [0.15, 0.2) is 54.9 Å². The predicted octanol–water partition coefficient (Wildman–Crippen LogP) is 4.72. The number of nitrogens with one attached hydrogen (secondary N) is 2. The maximum Gasteiger partial charge on any atom is 0.171 e. The highest BCUT2D eigenvalue weighted by Gasteiger charge is 2.26. The van der Waals surface area contributed by atoms with E-state index in [-0.39, 0.29) is 11.9 Å². The molecule has 0 saturated heterocycles. The number of hydrogen-bond donors (Lipinski definition) is 2. The molecular formula is C24H22FN3O2. The van der Waals surface area contributed by atoms with Gasteiger partial charge >= 0.3 is 0 Å². The number of ether oxygens (including phenoxy) is 2. The molecular weight excluding hydrogens is 381 g/mol. The lowest BCUT2D eigenvalue weighted by Crippen LogP contribution is -2.42. The Morgan fingerprint density at radius 3 is 2.87 bits per heavy atom. The van der Waals surface area contributed by atoms with Gasteiger partial charge in [-0.2, -0.15) is 0 Å². The molecule has 0 amide bonds. The third kappa shape index (κ3) is 2.95. The van der Waals surface area contributed by atoms with Gasteiger partial charge < -0.3 is 19.4 Å². The summed E-state index contributed by atoms with van der Waals surface area (Å²) >= 11 is 0. The Balaban J connectivity index is 1.17. The molecule has 152 valence electrons. The van der Waals surface area contributed by atoms with Crippen LogP contribution in [-0.2, 0) is 0 Å². The maximum absolute atomic E-state index is 13.7. The average molecular weight is 403 g/mol. The van der Waals surface area contributed by atoms with E-state index in [4.69, 9.17) is 9.47 Å². The normalized spacial score (nSPS) is 19.4. The van der Waals surface area contributed by atoms with Crippen molar-refractivity contribution >= 4 is 27.4 Å². The van der Waals surface area contributed by atoms with Crippen LogP contribution in [0.5, 0.6) is 11.5 Å². The minimum Gasteiger partial charge on any atom is -0.486 e. The van der Waals surface area contributed by atoms with E-state index in [1.54, 1.807) is 12.1 Å². The largest absolute Gasteiger partial charge is 0.486 e. The van der Waals surface area contributed by atoms with Crippen molar-refractivity contribution in [3.05, 3.63) is 66.2 Å². The van der Waals surface area contributed by atoms with Crippen LogP contribution < -0.4 is 9.47 Å². The molecule has 2 aromatic carbocycles. The molecule has 2 aliphatic heterocycles. The fourth-order valence-electron chi connectivity index (χ4n) is 4.56. The molecule has 0 fully saturated rings. The lowest BCUT2D eigenvalue weighted by Gasteiger charge is -2.33. The molecule has 0 bridgehead atoms. The highest BCUT2D eigenvalue weighted by atomic mass is 19.1. The molecule has 6 heteroatoms. The van der Waals surface area contributed by atoms with Gasteiger partial charge in [0.25, 0.3) is 0 Å². The lowest BCUT2D eigenvalue weighted by molar-refractivity contribution is 0.0633. The van der Waals surface area contributed by atoms with Crippen LogP contribution >= 0.6 is 0 Å². The average Bonchev–Trinajstić information content (AvgIpc) is 3.41. The Morgan fingerprint density at radius 2 is 1.97 bits per heavy atom. The summed E-state index contributed by atoms with van der Waals surface area (Å²) in [5.74, 6) is 1.44. The first-order chi connectivity index (χ1) is 14.7. The van der Waals surface area contributed by atoms with Gasteiger partial charge in [-0.05, 0) is 48.4 Å². The van der Waals surface area contributed by atoms with Crippen LogP contribution in [0.25, 0.3) is 27.4 Å². The van der Waals surface area contributed by atoms with Crippen LogP contribution in [-0.4, -0.2) is 47.2 Å². The van der Waals surface area contributed by atoms with Gasteiger partial charge in [-0.3, -0.25) is 4.90 Å². The zero-order valence-electron chi connectivity index (χ0n) is 16.5. The summed E-state index contributed by atoms with van der Waals surface area (Å²) in [6, 6.07) is 10.9. The summed E-state index contributed by atoms with van der Waals surface area (Å²) in [6.07, 6.45) is 7.08. The van der Waals surface area contributed by atoms with E-state index >= 15 is 0 Å². The Labute approximate surface area is 173 Å². The first-order valence-corrected chi connectivity index (χ1v) is 10.3. The number of rotatable bonds is 3. The van der Waals surface area contributed by atoms with Crippen LogP contribution in [0.1, 0.15) is 12.0 Å². The molecule has 6 rings (SSSR count). The molecule has 2 aliphatic rings. The van der Waals surface area contributed by atoms with Gasteiger partial charge in [0.1, 0.15) is 18.5 Å². The van der Waals surface area contributed by atoms with Gasteiger partial charge in [0.15, 0.2) is 11.5 Å². The molecule has 30 heavy (non-hydrogen) atoms. The van der Waals surface area contributed by atoms with Crippen molar-refractivity contribution in [1.82, 2.24) is 14.9 Å². The van der Waals surface area contributed by atoms with E-state index in [9.17, 15) is 4.39 Å². The van der Waals surface area contributed by atoms with E-state index in [1.807, 2.05) is 30.6 Å². The Kier molecular flexibility index (Phi) is 4.06. The van der Waals surface area contributed by atoms with Gasteiger partial charge in [0.2, 0.25) is 0 Å². The fourth-order valence-corrected chi connectivity index (χ4v) is 4.56. The second-order valence-corrected chi connectivity index (χ2v) is 8.01. The molecule has 1 atom stereocenters. The molecule has 5 nitrogen and oxygen atoms in total. The highest BCUT2D eigenvalue weighted by Crippen LogP contribution is 2.38. The number of aromatic nitrogens is 2. The summed E-state index contributed by atoms with van der Waals surface area (Å²) in [4.78, 5) is 8.86. The van der Waals surface area contributed by atoms with E-state index in [2.05, 4.69) is 20.9 Å². The fraction of sp³-hybridized carbons (Fsp3) is 0.250. The van der Waals surface area contributed by atoms with E-state index in [0.29, 0.717) is 6.61 Å². The predicted molar refractivity (Wildman–Crippen MR) is 116 cm³/mol. The summed E-state index contributed by atoms with van der Waals surface area (Å²) in [6.45, 7) is 3.15. The van der Waals surface area contributed by atoms with Crippen molar-refractivity contribution in [2.45, 2.75) is 12.5 Å². The first kappa shape index (κ1) is 17.6. The number of H-pyrrole nitrogens is 2. The standard InChI is InChI=1S/C24H22FN3O2/c25-16-1-2-22-19(11-16)20(12-27-22)15-6-9-28(10-7-15)13-17-14-29-23-4-3-21-18(5-8-26-21)24(23)30-17/h1-6,8,11-12,17,26-27H,7,9-10,13-14H2. The minimum atomic E-state index is -0.201. The van der Waals surface area contributed by atoms with Gasteiger partial charge in [0, 0.05) is 59.4 Å². The summed E-state index contributed by atoms with van der Waals surface area (Å²) in [7, 11) is 0. The first-order valence-electron chi connectivity index (χ1n) is 10.3. The smallest absolute Gasteiger partial charge is 0.171 e. The Morgan fingerprint density at radius 1 is 1.07 bits per heavy atom. The minimum absolute atomic E-state index is 0.00450. The molecule has 2 aromatic heterocycles. The SMILES string of the molecule is Fc1ccc2[nH]cc(C3=CCN(CC4COc5ccc6[nH]ccc6c5O4)CC3)c2c1. The molecule has 0 radical (unpaired) electrons. The van der Waals surface area contributed by atoms with E-state index < -0.39 is 0 Å². The second-order valence-electron chi connectivity index (χ2n) is 8.01. The topological polar surface area (TPSA) is 53.3 Å². The van der Waals surface area contributed by atoms with Crippen molar-refractivity contribution in [3.8, 4) is 11.5 Å². The lowest BCUT2D eigenvalue weighted by atomic mass is 9.98. The number of nitrogens with zero attached hydrogens (tertiary/aromatic N) is 1. The van der Waals surface area contributed by atoms with Crippen molar-refractivity contribution in [2.75, 3.05) is 26.2 Å². The van der Waals surface area contributed by atoms with Gasteiger partial charge in [0.05, 0.1) is 0 Å². The highest BCUT2D eigenvalue weighted by molar-refractivity contribution is 5.93. The Hall–Kier alpha value is -3.25. The second kappa shape index (κ2) is 6.92. The van der Waals surface area contributed by atoms with Crippen molar-refractivity contribution in [3.63, 3.8) is 0 Å². The zero-order valence-corrected chi connectivity index (χ0v) is 16.5. The molecule has 0 saturated carbocycles. The zero-order chi connectivity index (χ0) is 20.1. The monoisotopic (exact) mass is 403 g/mol. The summed E-state index contributed by atoms with van der Waals surface area (Å²) in [5, 5.41) is 2.01. The molecule has 4 heterocycles. The van der Waals surface area contributed by atoms with Crippen LogP contribution in [0.2, 0.25) is 0 Å². The van der Waals surface area contributed by atoms with Crippen molar-refractivity contribution < 1.29 is 13.9 Å². The van der Waals surface area contributed by atoms with Gasteiger partial charge in [-0.1, -0.05) is 6.08 Å². The number of fused-ring (bicyclic) bond motifs is 4. The van der Waals surface area contributed by atoms with Gasteiger partial charge in [-0.25, -0.2) is 4.39 Å². The molecule has 2 N–H and O–H groups in total. The van der Waals surface area contributed by atoms with Crippen molar-refractivity contribution in [1.29, 1.82) is 0 Å². The van der Waals surface area contributed by atoms with Gasteiger partial charge in [-0.15, -0.1) is 0 Å². The molecule has 1 unspecified atom stereocenters. The molecule has 0 aliphatic carbocycles. The van der Waals surface area contributed by atoms with E-state index in [0.717, 1.165) is 64.9 Å². The third-order valence-electron chi connectivity index (χ3n) is 6.10. The quantitative estimate of drug-likeness (QED) is 0.521. The number of benzene rings is 2. The number of halogens is 1. The summed E-state index contributed by atoms with van der Waals surface area (Å²) in [5.41, 5.74) is 4.39. The van der Waals surface area contributed by atoms with Crippen LogP contribution in [0, 0.1) is 5.82 Å². The third-order valence-corrected chi connectivity index (χ3v) is 6.10. The number of aromatic amines is 2. The number of hydrogen-bond acceptors (Lipinski definition) is 3. The van der Waals surface area contributed by atoms with Crippen LogP contribution in [0.4, 0.5) is 4.39 Å². The maximum atomic E-state index is 13.7. The van der Waals surface area contributed by atoms with E-state index in [1.165, 1.54) is 11.6 Å². The molecule has 4 aromatic rings. The molecule has 0 spiro atoms. The summed E-state index contributed by atoms with van der Waals surface area (Å²) < 4.78 is 26.0. The van der Waals surface area contributed by atoms with Crippen LogP contribution in [0.3, 0.4) is 0 Å². The van der Waals surface area contributed by atoms with Crippen molar-refractivity contribution in [2.24, 2.45) is 0 Å². The Bertz CT molecular complexity index is 1270.